The van der Waals surface area contributed by atoms with Crippen molar-refractivity contribution in [3.05, 3.63) is 45.6 Å². The number of carbonyl (C=O) groups is 1. The number of hydrogen-bond acceptors (Lipinski definition) is 7. The highest BCUT2D eigenvalue weighted by Gasteiger charge is 2.29. The summed E-state index contributed by atoms with van der Waals surface area (Å²) in [6.07, 6.45) is 1.66. The molecule has 2 heterocycles. The first-order valence-corrected chi connectivity index (χ1v) is 7.91. The number of nitro benzene ring substituents is 1. The molecule has 1 atom stereocenters. The summed E-state index contributed by atoms with van der Waals surface area (Å²) < 4.78 is 10.2. The molecule has 1 amide bonds. The predicted octanol–water partition coefficient (Wildman–Crippen LogP) is 2.31. The average molecular weight is 346 g/mol. The van der Waals surface area contributed by atoms with E-state index in [4.69, 9.17) is 9.26 Å². The third-order valence-corrected chi connectivity index (χ3v) is 4.22. The molecule has 2 aromatic rings. The molecule has 1 saturated heterocycles. The highest BCUT2D eigenvalue weighted by molar-refractivity contribution is 5.95. The number of aromatic nitrogens is 2. The smallest absolute Gasteiger partial charge is 0.311 e. The van der Waals surface area contributed by atoms with E-state index in [1.807, 2.05) is 0 Å². The second-order valence-corrected chi connectivity index (χ2v) is 5.91. The molecule has 0 N–H and O–H groups in total. The van der Waals surface area contributed by atoms with Crippen LogP contribution in [-0.4, -0.2) is 46.1 Å². The van der Waals surface area contributed by atoms with Crippen molar-refractivity contribution in [2.24, 2.45) is 0 Å². The van der Waals surface area contributed by atoms with Crippen LogP contribution in [0.3, 0.4) is 0 Å². The maximum Gasteiger partial charge on any atom is 0.311 e. The summed E-state index contributed by atoms with van der Waals surface area (Å²) in [6, 6.07) is 4.23. The van der Waals surface area contributed by atoms with E-state index in [2.05, 4.69) is 10.1 Å². The first-order chi connectivity index (χ1) is 12.0. The van der Waals surface area contributed by atoms with Gasteiger partial charge < -0.3 is 14.2 Å². The molecule has 1 aliphatic heterocycles. The molecular weight excluding hydrogens is 328 g/mol. The van der Waals surface area contributed by atoms with Crippen LogP contribution in [0.5, 0.6) is 5.75 Å². The van der Waals surface area contributed by atoms with Gasteiger partial charge in [-0.05, 0) is 31.9 Å². The Balaban J connectivity index is 1.80. The lowest BCUT2D eigenvalue weighted by Crippen LogP contribution is -2.39. The Morgan fingerprint density at radius 3 is 2.92 bits per heavy atom. The van der Waals surface area contributed by atoms with Crippen molar-refractivity contribution in [2.45, 2.75) is 25.7 Å². The van der Waals surface area contributed by atoms with Gasteiger partial charge in [0, 0.05) is 24.7 Å². The Labute approximate surface area is 143 Å². The van der Waals surface area contributed by atoms with Gasteiger partial charge in [0.25, 0.3) is 5.91 Å². The number of benzene rings is 1. The lowest BCUT2D eigenvalue weighted by Gasteiger charge is -2.31. The van der Waals surface area contributed by atoms with E-state index in [1.54, 1.807) is 11.8 Å². The standard InChI is InChI=1S/C16H18N4O5/c1-10-17-15(25-18-10)12-4-3-7-19(9-12)16(21)11-5-6-14(24-2)13(8-11)20(22)23/h5-6,8,12H,3-4,7,9H2,1-2H3. The molecule has 1 fully saturated rings. The molecule has 0 radical (unpaired) electrons. The lowest BCUT2D eigenvalue weighted by atomic mass is 9.97. The van der Waals surface area contributed by atoms with Gasteiger partial charge in [0.2, 0.25) is 5.89 Å². The van der Waals surface area contributed by atoms with Gasteiger partial charge in [-0.15, -0.1) is 0 Å². The third-order valence-electron chi connectivity index (χ3n) is 4.22. The van der Waals surface area contributed by atoms with E-state index < -0.39 is 4.92 Å². The molecule has 0 spiro atoms. The number of hydrogen-bond donors (Lipinski definition) is 0. The summed E-state index contributed by atoms with van der Waals surface area (Å²) >= 11 is 0. The van der Waals surface area contributed by atoms with Gasteiger partial charge in [-0.2, -0.15) is 4.98 Å². The van der Waals surface area contributed by atoms with E-state index in [-0.39, 0.29) is 28.8 Å². The lowest BCUT2D eigenvalue weighted by molar-refractivity contribution is -0.385. The molecule has 1 aliphatic rings. The van der Waals surface area contributed by atoms with Crippen molar-refractivity contribution in [2.75, 3.05) is 20.2 Å². The van der Waals surface area contributed by atoms with Crippen molar-refractivity contribution >= 4 is 11.6 Å². The van der Waals surface area contributed by atoms with Gasteiger partial charge in [-0.1, -0.05) is 5.16 Å². The van der Waals surface area contributed by atoms with Crippen molar-refractivity contribution in [1.29, 1.82) is 0 Å². The van der Waals surface area contributed by atoms with Crippen LogP contribution >= 0.6 is 0 Å². The molecule has 3 rings (SSSR count). The van der Waals surface area contributed by atoms with Crippen molar-refractivity contribution in [3.63, 3.8) is 0 Å². The average Bonchev–Trinajstić information content (AvgIpc) is 3.07. The fourth-order valence-corrected chi connectivity index (χ4v) is 2.99. The van der Waals surface area contributed by atoms with Gasteiger partial charge in [0.1, 0.15) is 0 Å². The van der Waals surface area contributed by atoms with Crippen molar-refractivity contribution in [1.82, 2.24) is 15.0 Å². The van der Waals surface area contributed by atoms with Crippen LogP contribution < -0.4 is 4.74 Å². The van der Waals surface area contributed by atoms with E-state index in [9.17, 15) is 14.9 Å². The SMILES string of the molecule is COc1ccc(C(=O)N2CCCC(c3nc(C)no3)C2)cc1[N+](=O)[O-]. The minimum atomic E-state index is -0.560. The fraction of sp³-hybridized carbons (Fsp3) is 0.438. The Hall–Kier alpha value is -2.97. The minimum absolute atomic E-state index is 0.0212. The summed E-state index contributed by atoms with van der Waals surface area (Å²) in [4.78, 5) is 29.2. The molecule has 1 aromatic carbocycles. The Morgan fingerprint density at radius 2 is 2.28 bits per heavy atom. The number of amides is 1. The molecule has 9 heteroatoms. The van der Waals surface area contributed by atoms with Crippen LogP contribution in [0.25, 0.3) is 0 Å². The third kappa shape index (κ3) is 3.44. The summed E-state index contributed by atoms with van der Waals surface area (Å²) in [5.41, 5.74) is 0.0318. The monoisotopic (exact) mass is 346 g/mol. The Kier molecular flexibility index (Phi) is 4.64. The van der Waals surface area contributed by atoms with Crippen LogP contribution in [0.1, 0.15) is 40.8 Å². The number of rotatable bonds is 4. The summed E-state index contributed by atoms with van der Waals surface area (Å²) in [5.74, 6) is 0.929. The normalized spacial score (nSPS) is 17.4. The first kappa shape index (κ1) is 16.9. The van der Waals surface area contributed by atoms with Crippen LogP contribution in [0.2, 0.25) is 0 Å². The molecular formula is C16H18N4O5. The molecule has 132 valence electrons. The summed E-state index contributed by atoms with van der Waals surface area (Å²) in [6.45, 7) is 2.78. The number of ether oxygens (including phenoxy) is 1. The topological polar surface area (TPSA) is 112 Å². The van der Waals surface area contributed by atoms with Gasteiger partial charge in [-0.3, -0.25) is 14.9 Å². The van der Waals surface area contributed by atoms with Crippen LogP contribution in [0, 0.1) is 17.0 Å². The highest BCUT2D eigenvalue weighted by Crippen LogP contribution is 2.30. The molecule has 1 aromatic heterocycles. The summed E-state index contributed by atoms with van der Waals surface area (Å²) in [7, 11) is 1.35. The van der Waals surface area contributed by atoms with Gasteiger partial charge in [0.05, 0.1) is 18.0 Å². The zero-order valence-corrected chi connectivity index (χ0v) is 14.0. The van der Waals surface area contributed by atoms with Gasteiger partial charge in [0.15, 0.2) is 11.6 Å². The Morgan fingerprint density at radius 1 is 1.48 bits per heavy atom. The van der Waals surface area contributed by atoms with E-state index >= 15 is 0 Å². The number of aryl methyl sites for hydroxylation is 1. The molecule has 9 nitrogen and oxygen atoms in total. The first-order valence-electron chi connectivity index (χ1n) is 7.91. The van der Waals surface area contributed by atoms with E-state index in [0.717, 1.165) is 12.8 Å². The van der Waals surface area contributed by atoms with Crippen molar-refractivity contribution < 1.29 is 19.0 Å². The quantitative estimate of drug-likeness (QED) is 0.617. The second-order valence-electron chi connectivity index (χ2n) is 5.91. The largest absolute Gasteiger partial charge is 0.490 e. The number of piperidine rings is 1. The number of nitro groups is 1. The van der Waals surface area contributed by atoms with Crippen molar-refractivity contribution in [3.8, 4) is 5.75 Å². The number of nitrogens with zero attached hydrogens (tertiary/aromatic N) is 4. The molecule has 25 heavy (non-hydrogen) atoms. The van der Waals surface area contributed by atoms with Gasteiger partial charge in [-0.25, -0.2) is 0 Å². The molecule has 0 bridgehead atoms. The zero-order chi connectivity index (χ0) is 18.0. The number of methoxy groups -OCH3 is 1. The summed E-state index contributed by atoms with van der Waals surface area (Å²) in [5, 5.41) is 14.9. The van der Waals surface area contributed by atoms with Crippen LogP contribution in [0.15, 0.2) is 22.7 Å². The minimum Gasteiger partial charge on any atom is -0.490 e. The molecule has 0 aliphatic carbocycles. The molecule has 0 saturated carbocycles. The highest BCUT2D eigenvalue weighted by atomic mass is 16.6. The van der Waals surface area contributed by atoms with E-state index in [0.29, 0.717) is 24.8 Å². The maximum atomic E-state index is 12.8. The Bertz CT molecular complexity index is 804. The van der Waals surface area contributed by atoms with Crippen LogP contribution in [-0.2, 0) is 0 Å². The number of carbonyl (C=O) groups excluding carboxylic acids is 1. The zero-order valence-electron chi connectivity index (χ0n) is 14.0. The number of likely N-dealkylation sites (tertiary alicyclic amines) is 1. The fourth-order valence-electron chi connectivity index (χ4n) is 2.99. The predicted molar refractivity (Wildman–Crippen MR) is 86.6 cm³/mol. The van der Waals surface area contributed by atoms with Gasteiger partial charge >= 0.3 is 5.69 Å². The van der Waals surface area contributed by atoms with E-state index in [1.165, 1.54) is 25.3 Å². The molecule has 1 unspecified atom stereocenters. The maximum absolute atomic E-state index is 12.8. The second kappa shape index (κ2) is 6.88. The van der Waals surface area contributed by atoms with Crippen LogP contribution in [0.4, 0.5) is 5.69 Å².